The minimum atomic E-state index is 0.316. The Labute approximate surface area is 81.3 Å². The number of carbonyl (C=O) groups excluding carboxylic acids is 1. The van der Waals surface area contributed by atoms with E-state index >= 15 is 0 Å². The van der Waals surface area contributed by atoms with E-state index in [9.17, 15) is 4.79 Å². The summed E-state index contributed by atoms with van der Waals surface area (Å²) in [5, 5.41) is 0. The highest BCUT2D eigenvalue weighted by atomic mass is 16.1. The molecule has 1 rings (SSSR count). The fraction of sp³-hybridized carbons (Fsp3) is 0.909. The third-order valence-corrected chi connectivity index (χ3v) is 2.94. The van der Waals surface area contributed by atoms with E-state index in [1.165, 1.54) is 32.2 Å². The topological polar surface area (TPSA) is 20.3 Å². The lowest BCUT2D eigenvalue weighted by Gasteiger charge is -2.26. The van der Waals surface area contributed by atoms with Gasteiger partial charge in [-0.1, -0.05) is 12.8 Å². The van der Waals surface area contributed by atoms with Crippen molar-refractivity contribution in [2.75, 3.05) is 13.1 Å². The summed E-state index contributed by atoms with van der Waals surface area (Å²) in [5.74, 6) is 0.316. The Hall–Kier alpha value is -0.370. The molecule has 0 aromatic carbocycles. The number of Topliss-reactive ketones (excluding diaryl/α,β-unsaturated/α-hetero) is 1. The Kier molecular flexibility index (Phi) is 4.43. The second-order valence-electron chi connectivity index (χ2n) is 4.19. The van der Waals surface area contributed by atoms with Crippen LogP contribution in [0.3, 0.4) is 0 Å². The van der Waals surface area contributed by atoms with Crippen LogP contribution in [0.25, 0.3) is 0 Å². The Balaban J connectivity index is 2.31. The molecule has 0 aromatic rings. The van der Waals surface area contributed by atoms with Crippen molar-refractivity contribution in [1.29, 1.82) is 0 Å². The molecule has 1 aliphatic heterocycles. The smallest absolute Gasteiger partial charge is 0.131 e. The second-order valence-corrected chi connectivity index (χ2v) is 4.19. The highest BCUT2D eigenvalue weighted by Gasteiger charge is 2.16. The normalized spacial score (nSPS) is 25.5. The molecule has 2 nitrogen and oxygen atoms in total. The zero-order valence-corrected chi connectivity index (χ0v) is 8.88. The fourth-order valence-electron chi connectivity index (χ4n) is 1.97. The van der Waals surface area contributed by atoms with Crippen molar-refractivity contribution in [2.45, 2.75) is 52.0 Å². The summed E-state index contributed by atoms with van der Waals surface area (Å²) < 4.78 is 0. The lowest BCUT2D eigenvalue weighted by molar-refractivity contribution is -0.117. The first-order chi connectivity index (χ1) is 6.20. The van der Waals surface area contributed by atoms with Gasteiger partial charge < -0.3 is 4.90 Å². The van der Waals surface area contributed by atoms with Gasteiger partial charge in [0.2, 0.25) is 0 Å². The summed E-state index contributed by atoms with van der Waals surface area (Å²) in [6.07, 6.45) is 6.06. The summed E-state index contributed by atoms with van der Waals surface area (Å²) in [6.45, 7) is 6.12. The minimum absolute atomic E-state index is 0.316. The van der Waals surface area contributed by atoms with Crippen LogP contribution in [0.2, 0.25) is 0 Å². The molecule has 76 valence electrons. The number of rotatable bonds is 3. The van der Waals surface area contributed by atoms with E-state index < -0.39 is 0 Å². The van der Waals surface area contributed by atoms with E-state index in [0.29, 0.717) is 11.8 Å². The zero-order valence-electron chi connectivity index (χ0n) is 8.88. The molecule has 1 heterocycles. The summed E-state index contributed by atoms with van der Waals surface area (Å²) in [5.41, 5.74) is 0. The number of ketones is 1. The highest BCUT2D eigenvalue weighted by molar-refractivity contribution is 5.75. The van der Waals surface area contributed by atoms with Crippen molar-refractivity contribution in [3.05, 3.63) is 0 Å². The maximum Gasteiger partial charge on any atom is 0.131 e. The maximum absolute atomic E-state index is 10.9. The molecule has 1 aliphatic rings. The molecular weight excluding hydrogens is 162 g/mol. The first-order valence-electron chi connectivity index (χ1n) is 5.43. The minimum Gasteiger partial charge on any atom is -0.300 e. The summed E-state index contributed by atoms with van der Waals surface area (Å²) in [4.78, 5) is 13.3. The Morgan fingerprint density at radius 1 is 1.38 bits per heavy atom. The molecule has 1 atom stereocenters. The zero-order chi connectivity index (χ0) is 9.68. The number of carbonyl (C=O) groups is 1. The summed E-state index contributed by atoms with van der Waals surface area (Å²) >= 11 is 0. The monoisotopic (exact) mass is 183 g/mol. The molecule has 0 amide bonds. The third-order valence-electron chi connectivity index (χ3n) is 2.94. The number of hydrogen-bond donors (Lipinski definition) is 0. The van der Waals surface area contributed by atoms with E-state index in [4.69, 9.17) is 0 Å². The van der Waals surface area contributed by atoms with Gasteiger partial charge in [0.1, 0.15) is 5.78 Å². The number of likely N-dealkylation sites (tertiary alicyclic amines) is 1. The molecule has 1 unspecified atom stereocenters. The standard InChI is InChI=1S/C11H21NO/c1-10-6-4-3-5-8-12(10)9-7-11(2)13/h10H,3-9H2,1-2H3. The van der Waals surface area contributed by atoms with Crippen molar-refractivity contribution < 1.29 is 4.79 Å². The van der Waals surface area contributed by atoms with E-state index in [2.05, 4.69) is 11.8 Å². The van der Waals surface area contributed by atoms with E-state index in [1.807, 2.05) is 0 Å². The van der Waals surface area contributed by atoms with Crippen LogP contribution in [0, 0.1) is 0 Å². The van der Waals surface area contributed by atoms with Gasteiger partial charge in [-0.2, -0.15) is 0 Å². The third kappa shape index (κ3) is 3.90. The van der Waals surface area contributed by atoms with Gasteiger partial charge >= 0.3 is 0 Å². The molecule has 0 spiro atoms. The number of nitrogens with zero attached hydrogens (tertiary/aromatic N) is 1. The maximum atomic E-state index is 10.9. The van der Waals surface area contributed by atoms with Gasteiger partial charge in [0, 0.05) is 19.0 Å². The lowest BCUT2D eigenvalue weighted by atomic mass is 10.1. The van der Waals surface area contributed by atoms with Crippen LogP contribution < -0.4 is 0 Å². The molecule has 0 aliphatic carbocycles. The van der Waals surface area contributed by atoms with Gasteiger partial charge in [0.15, 0.2) is 0 Å². The van der Waals surface area contributed by atoms with Gasteiger partial charge in [-0.25, -0.2) is 0 Å². The van der Waals surface area contributed by atoms with Crippen LogP contribution in [-0.2, 0) is 4.79 Å². The quantitative estimate of drug-likeness (QED) is 0.668. The van der Waals surface area contributed by atoms with Crippen molar-refractivity contribution in [3.8, 4) is 0 Å². The lowest BCUT2D eigenvalue weighted by Crippen LogP contribution is -2.34. The Morgan fingerprint density at radius 2 is 2.15 bits per heavy atom. The Morgan fingerprint density at radius 3 is 2.85 bits per heavy atom. The van der Waals surface area contributed by atoms with E-state index in [1.54, 1.807) is 6.92 Å². The summed E-state index contributed by atoms with van der Waals surface area (Å²) in [7, 11) is 0. The van der Waals surface area contributed by atoms with E-state index in [0.717, 1.165) is 13.0 Å². The second kappa shape index (κ2) is 5.38. The van der Waals surface area contributed by atoms with Crippen molar-refractivity contribution in [3.63, 3.8) is 0 Å². The fourth-order valence-corrected chi connectivity index (χ4v) is 1.97. The molecule has 2 heteroatoms. The molecule has 13 heavy (non-hydrogen) atoms. The van der Waals surface area contributed by atoms with Gasteiger partial charge in [-0.3, -0.25) is 4.79 Å². The summed E-state index contributed by atoms with van der Waals surface area (Å²) in [6, 6.07) is 0.682. The van der Waals surface area contributed by atoms with Crippen molar-refractivity contribution >= 4 is 5.78 Å². The average molecular weight is 183 g/mol. The predicted octanol–water partition coefficient (Wildman–Crippen LogP) is 2.23. The largest absolute Gasteiger partial charge is 0.300 e. The van der Waals surface area contributed by atoms with Gasteiger partial charge in [0.25, 0.3) is 0 Å². The van der Waals surface area contributed by atoms with Crippen LogP contribution in [-0.4, -0.2) is 29.8 Å². The molecular formula is C11H21NO. The van der Waals surface area contributed by atoms with Gasteiger partial charge in [0.05, 0.1) is 0 Å². The van der Waals surface area contributed by atoms with Crippen LogP contribution in [0.5, 0.6) is 0 Å². The molecule has 0 aromatic heterocycles. The van der Waals surface area contributed by atoms with Crippen LogP contribution >= 0.6 is 0 Å². The molecule has 0 N–H and O–H groups in total. The molecule has 0 radical (unpaired) electrons. The van der Waals surface area contributed by atoms with Crippen LogP contribution in [0.4, 0.5) is 0 Å². The van der Waals surface area contributed by atoms with Crippen LogP contribution in [0.1, 0.15) is 46.0 Å². The number of hydrogen-bond acceptors (Lipinski definition) is 2. The van der Waals surface area contributed by atoms with Crippen molar-refractivity contribution in [1.82, 2.24) is 4.90 Å². The first-order valence-corrected chi connectivity index (χ1v) is 5.43. The van der Waals surface area contributed by atoms with E-state index in [-0.39, 0.29) is 0 Å². The molecule has 1 saturated heterocycles. The Bertz CT molecular complexity index is 167. The van der Waals surface area contributed by atoms with Crippen LogP contribution in [0.15, 0.2) is 0 Å². The van der Waals surface area contributed by atoms with Gasteiger partial charge in [-0.05, 0) is 33.2 Å². The average Bonchev–Trinajstić information content (AvgIpc) is 2.27. The van der Waals surface area contributed by atoms with Gasteiger partial charge in [-0.15, -0.1) is 0 Å². The molecule has 0 saturated carbocycles. The first kappa shape index (κ1) is 10.7. The predicted molar refractivity (Wildman–Crippen MR) is 54.8 cm³/mol. The molecule has 1 fully saturated rings. The molecule has 0 bridgehead atoms. The SMILES string of the molecule is CC(=O)CCN1CCCCCC1C. The highest BCUT2D eigenvalue weighted by Crippen LogP contribution is 2.16. The van der Waals surface area contributed by atoms with Crippen molar-refractivity contribution in [2.24, 2.45) is 0 Å².